The van der Waals surface area contributed by atoms with Crippen LogP contribution in [-0.2, 0) is 17.8 Å². The molecule has 2 aromatic heterocycles. The van der Waals surface area contributed by atoms with Crippen molar-refractivity contribution in [2.75, 3.05) is 25.4 Å². The molecule has 0 unspecified atom stereocenters. The largest absolute Gasteiger partial charge is 0.493 e. The number of benzene rings is 1. The maximum Gasteiger partial charge on any atom is 0.209 e. The molecule has 0 bridgehead atoms. The molecule has 7 nitrogen and oxygen atoms in total. The predicted molar refractivity (Wildman–Crippen MR) is 124 cm³/mol. The van der Waals surface area contributed by atoms with E-state index in [2.05, 4.69) is 37.6 Å². The number of aromatic nitrogens is 3. The number of likely N-dealkylation sites (tertiary alicyclic amines) is 1. The van der Waals surface area contributed by atoms with E-state index < -0.39 is 0 Å². The molecule has 0 spiro atoms. The minimum Gasteiger partial charge on any atom is -0.493 e. The number of nitrogens with zero attached hydrogens (tertiary/aromatic N) is 4. The number of nitrogen functional groups attached to an aromatic ring is 1. The Labute approximate surface area is 193 Å². The summed E-state index contributed by atoms with van der Waals surface area (Å²) in [5.41, 5.74) is 9.13. The average Bonchev–Trinajstić information content (AvgIpc) is 3.37. The number of pyridine rings is 1. The number of carbonyl (C=O) groups is 1. The second-order valence-electron chi connectivity index (χ2n) is 8.07. The van der Waals surface area contributed by atoms with Crippen LogP contribution in [-0.4, -0.2) is 45.5 Å². The molecule has 0 saturated carbocycles. The zero-order chi connectivity index (χ0) is 21.4. The number of anilines is 1. The Morgan fingerprint density at radius 1 is 1.32 bits per heavy atom. The molecule has 1 aromatic carbocycles. The van der Waals surface area contributed by atoms with Crippen LogP contribution in [0.25, 0.3) is 11.0 Å². The quantitative estimate of drug-likeness (QED) is 0.511. The number of ether oxygens (including phenoxy) is 1. The summed E-state index contributed by atoms with van der Waals surface area (Å²) in [5, 5.41) is 0.902. The first-order valence-corrected chi connectivity index (χ1v) is 12.2. The SMILES string of the molecule is Nc1nccc2c1nc(Sc1cc3c(cc1Br)CCO3)n2CCC1CCN(C=O)CC1. The monoisotopic (exact) mass is 501 g/mol. The van der Waals surface area contributed by atoms with Gasteiger partial charge in [-0.3, -0.25) is 4.79 Å². The van der Waals surface area contributed by atoms with Gasteiger partial charge in [0.15, 0.2) is 11.0 Å². The van der Waals surface area contributed by atoms with Gasteiger partial charge in [-0.2, -0.15) is 0 Å². The highest BCUT2D eigenvalue weighted by atomic mass is 79.9. The number of carbonyl (C=O) groups excluding carboxylic acids is 1. The fourth-order valence-corrected chi connectivity index (χ4v) is 5.95. The lowest BCUT2D eigenvalue weighted by atomic mass is 9.94. The van der Waals surface area contributed by atoms with Crippen molar-refractivity contribution >= 4 is 51.0 Å². The number of hydrogen-bond donors (Lipinski definition) is 1. The van der Waals surface area contributed by atoms with Crippen LogP contribution in [0.4, 0.5) is 5.82 Å². The normalized spacial score (nSPS) is 16.5. The molecule has 2 N–H and O–H groups in total. The fraction of sp³-hybridized carbons (Fsp3) is 0.409. The second-order valence-corrected chi connectivity index (χ2v) is 9.94. The Morgan fingerprint density at radius 2 is 2.16 bits per heavy atom. The summed E-state index contributed by atoms with van der Waals surface area (Å²) < 4.78 is 9.07. The summed E-state index contributed by atoms with van der Waals surface area (Å²) in [6.45, 7) is 3.28. The van der Waals surface area contributed by atoms with Crippen molar-refractivity contribution in [3.05, 3.63) is 34.4 Å². The summed E-state index contributed by atoms with van der Waals surface area (Å²) in [7, 11) is 0. The Hall–Kier alpha value is -2.26. The first-order chi connectivity index (χ1) is 15.1. The van der Waals surface area contributed by atoms with Gasteiger partial charge in [0, 0.05) is 41.6 Å². The first-order valence-electron chi connectivity index (χ1n) is 10.6. The lowest BCUT2D eigenvalue weighted by Gasteiger charge is -2.29. The topological polar surface area (TPSA) is 86.3 Å². The van der Waals surface area contributed by atoms with E-state index in [0.717, 1.165) is 89.6 Å². The number of amides is 1. The van der Waals surface area contributed by atoms with Crippen molar-refractivity contribution < 1.29 is 9.53 Å². The molecule has 0 atom stereocenters. The van der Waals surface area contributed by atoms with E-state index in [1.54, 1.807) is 18.0 Å². The van der Waals surface area contributed by atoms with Crippen LogP contribution in [0.2, 0.25) is 0 Å². The molecule has 5 rings (SSSR count). The van der Waals surface area contributed by atoms with Crippen LogP contribution in [0.1, 0.15) is 24.8 Å². The minimum atomic E-state index is 0.453. The van der Waals surface area contributed by atoms with Crippen molar-refractivity contribution in [2.24, 2.45) is 5.92 Å². The van der Waals surface area contributed by atoms with Crippen molar-refractivity contribution in [3.8, 4) is 5.75 Å². The van der Waals surface area contributed by atoms with Crippen molar-refractivity contribution in [1.82, 2.24) is 19.4 Å². The number of hydrogen-bond acceptors (Lipinski definition) is 6. The number of rotatable bonds is 6. The fourth-order valence-electron chi connectivity index (χ4n) is 4.36. The maximum atomic E-state index is 11.0. The maximum absolute atomic E-state index is 11.0. The van der Waals surface area contributed by atoms with Gasteiger partial charge in [-0.1, -0.05) is 11.8 Å². The molecule has 9 heteroatoms. The zero-order valence-electron chi connectivity index (χ0n) is 17.1. The third-order valence-electron chi connectivity index (χ3n) is 6.16. The first kappa shape index (κ1) is 20.6. The highest BCUT2D eigenvalue weighted by Gasteiger charge is 2.22. The van der Waals surface area contributed by atoms with E-state index in [1.165, 1.54) is 5.56 Å². The van der Waals surface area contributed by atoms with Crippen molar-refractivity contribution in [3.63, 3.8) is 0 Å². The minimum absolute atomic E-state index is 0.453. The number of fused-ring (bicyclic) bond motifs is 2. The summed E-state index contributed by atoms with van der Waals surface area (Å²) in [5.74, 6) is 2.01. The van der Waals surface area contributed by atoms with Crippen LogP contribution in [0.3, 0.4) is 0 Å². The van der Waals surface area contributed by atoms with E-state index in [1.807, 2.05) is 11.0 Å². The van der Waals surface area contributed by atoms with E-state index >= 15 is 0 Å². The zero-order valence-corrected chi connectivity index (χ0v) is 19.5. The highest BCUT2D eigenvalue weighted by Crippen LogP contribution is 2.40. The Balaban J connectivity index is 1.43. The molecule has 2 aliphatic rings. The molecule has 162 valence electrons. The summed E-state index contributed by atoms with van der Waals surface area (Å²) in [4.78, 5) is 23.0. The van der Waals surface area contributed by atoms with Crippen LogP contribution < -0.4 is 10.5 Å². The van der Waals surface area contributed by atoms with Crippen molar-refractivity contribution in [2.45, 2.75) is 42.3 Å². The molecule has 1 amide bonds. The van der Waals surface area contributed by atoms with E-state index in [4.69, 9.17) is 15.5 Å². The third kappa shape index (κ3) is 4.13. The number of halogens is 1. The molecule has 3 aromatic rings. The number of imidazole rings is 1. The molecule has 1 saturated heterocycles. The Bertz CT molecular complexity index is 1130. The number of aryl methyl sites for hydroxylation is 1. The van der Waals surface area contributed by atoms with Gasteiger partial charge in [0.1, 0.15) is 11.3 Å². The highest BCUT2D eigenvalue weighted by molar-refractivity contribution is 9.10. The second kappa shape index (κ2) is 8.70. The van der Waals surface area contributed by atoms with Crippen LogP contribution in [0.15, 0.2) is 38.9 Å². The van der Waals surface area contributed by atoms with Crippen LogP contribution >= 0.6 is 27.7 Å². The lowest BCUT2D eigenvalue weighted by molar-refractivity contribution is -0.119. The molecule has 0 aliphatic carbocycles. The molecule has 4 heterocycles. The van der Waals surface area contributed by atoms with E-state index in [-0.39, 0.29) is 0 Å². The predicted octanol–water partition coefficient (Wildman–Crippen LogP) is 4.12. The summed E-state index contributed by atoms with van der Waals surface area (Å²) in [6, 6.07) is 6.23. The van der Waals surface area contributed by atoms with Gasteiger partial charge >= 0.3 is 0 Å². The molecule has 0 radical (unpaired) electrons. The average molecular weight is 502 g/mol. The van der Waals surface area contributed by atoms with Gasteiger partial charge in [-0.25, -0.2) is 9.97 Å². The summed E-state index contributed by atoms with van der Waals surface area (Å²) in [6.07, 6.45) is 6.79. The Kier molecular flexibility index (Phi) is 5.79. The number of nitrogens with two attached hydrogens (primary N) is 1. The Morgan fingerprint density at radius 3 is 2.97 bits per heavy atom. The molecule has 2 aliphatic heterocycles. The molecule has 1 fully saturated rings. The van der Waals surface area contributed by atoms with Gasteiger partial charge < -0.3 is 19.9 Å². The summed E-state index contributed by atoms with van der Waals surface area (Å²) >= 11 is 5.34. The van der Waals surface area contributed by atoms with E-state index in [9.17, 15) is 4.79 Å². The lowest BCUT2D eigenvalue weighted by Crippen LogP contribution is -2.32. The van der Waals surface area contributed by atoms with Gasteiger partial charge in [0.05, 0.1) is 12.1 Å². The standard InChI is InChI=1S/C22H24BrN5O2S/c23-16-11-15-5-10-30-18(15)12-19(16)31-22-26-20-17(1-6-25-21(20)24)28(22)9-4-14-2-7-27(13-29)8-3-14/h1,6,11-14H,2-5,7-10H2,(H2,24,25). The molecular weight excluding hydrogens is 478 g/mol. The van der Waals surface area contributed by atoms with Crippen molar-refractivity contribution in [1.29, 1.82) is 0 Å². The van der Waals surface area contributed by atoms with Gasteiger partial charge in [0.25, 0.3) is 0 Å². The molecule has 31 heavy (non-hydrogen) atoms. The smallest absolute Gasteiger partial charge is 0.209 e. The van der Waals surface area contributed by atoms with Gasteiger partial charge in [-0.05, 0) is 64.9 Å². The number of piperidine rings is 1. The molecular formula is C22H24BrN5O2S. The van der Waals surface area contributed by atoms with E-state index in [0.29, 0.717) is 11.7 Å². The van der Waals surface area contributed by atoms with Gasteiger partial charge in [0.2, 0.25) is 6.41 Å². The third-order valence-corrected chi connectivity index (χ3v) is 8.14. The van der Waals surface area contributed by atoms with Gasteiger partial charge in [-0.15, -0.1) is 0 Å². The van der Waals surface area contributed by atoms with Crippen LogP contribution in [0, 0.1) is 5.92 Å². The van der Waals surface area contributed by atoms with Crippen LogP contribution in [0.5, 0.6) is 5.75 Å².